The Labute approximate surface area is 109 Å². The third-order valence-electron chi connectivity index (χ3n) is 3.04. The number of nitrogens with one attached hydrogen (secondary N) is 1. The zero-order valence-electron chi connectivity index (χ0n) is 11.8. The molecule has 102 valence electrons. The molecule has 0 aliphatic heterocycles. The van der Waals surface area contributed by atoms with Gasteiger partial charge in [-0.2, -0.15) is 5.10 Å². The van der Waals surface area contributed by atoms with Gasteiger partial charge in [0.15, 0.2) is 0 Å². The van der Waals surface area contributed by atoms with Gasteiger partial charge in [-0.25, -0.2) is 0 Å². The first-order chi connectivity index (χ1) is 8.35. The Kier molecular flexibility index (Phi) is 4.90. The van der Waals surface area contributed by atoms with Crippen LogP contribution in [0.3, 0.4) is 0 Å². The average molecular weight is 252 g/mol. The predicted octanol–water partition coefficient (Wildman–Crippen LogP) is 1.22. The number of aromatic nitrogens is 2. The van der Waals surface area contributed by atoms with Crippen LogP contribution in [0.5, 0.6) is 0 Å². The Bertz CT molecular complexity index is 409. The summed E-state index contributed by atoms with van der Waals surface area (Å²) >= 11 is 0. The van der Waals surface area contributed by atoms with Gasteiger partial charge in [-0.1, -0.05) is 13.8 Å². The van der Waals surface area contributed by atoms with E-state index in [4.69, 9.17) is 5.73 Å². The summed E-state index contributed by atoms with van der Waals surface area (Å²) in [7, 11) is 1.81. The van der Waals surface area contributed by atoms with Crippen LogP contribution in [0, 0.1) is 12.3 Å². The van der Waals surface area contributed by atoms with E-state index >= 15 is 0 Å². The molecule has 1 aromatic rings. The maximum Gasteiger partial charge on any atom is 0.254 e. The van der Waals surface area contributed by atoms with Crippen molar-refractivity contribution in [2.75, 3.05) is 13.1 Å². The van der Waals surface area contributed by atoms with Crippen molar-refractivity contribution in [3.63, 3.8) is 0 Å². The summed E-state index contributed by atoms with van der Waals surface area (Å²) < 4.78 is 1.66. The van der Waals surface area contributed by atoms with E-state index in [1.165, 1.54) is 0 Å². The van der Waals surface area contributed by atoms with Crippen LogP contribution in [-0.4, -0.2) is 28.8 Å². The van der Waals surface area contributed by atoms with Gasteiger partial charge in [0, 0.05) is 19.8 Å². The third kappa shape index (κ3) is 4.14. The lowest BCUT2D eigenvalue weighted by Gasteiger charge is -2.24. The van der Waals surface area contributed by atoms with Crippen molar-refractivity contribution in [3.8, 4) is 0 Å². The SMILES string of the molecule is Cc1nn(C)cc1C(=O)NCC(C)(C)CCCN. The lowest BCUT2D eigenvalue weighted by atomic mass is 9.87. The molecule has 18 heavy (non-hydrogen) atoms. The molecule has 0 unspecified atom stereocenters. The van der Waals surface area contributed by atoms with Gasteiger partial charge in [0.1, 0.15) is 0 Å². The second-order valence-corrected chi connectivity index (χ2v) is 5.54. The third-order valence-corrected chi connectivity index (χ3v) is 3.04. The van der Waals surface area contributed by atoms with E-state index in [1.807, 2.05) is 14.0 Å². The molecule has 5 heteroatoms. The smallest absolute Gasteiger partial charge is 0.254 e. The molecule has 3 N–H and O–H groups in total. The highest BCUT2D eigenvalue weighted by molar-refractivity contribution is 5.95. The van der Waals surface area contributed by atoms with E-state index in [-0.39, 0.29) is 11.3 Å². The molecule has 0 aliphatic carbocycles. The standard InChI is InChI=1S/C13H24N4O/c1-10-11(8-17(4)16-10)12(18)15-9-13(2,3)6-5-7-14/h8H,5-7,9,14H2,1-4H3,(H,15,18). The van der Waals surface area contributed by atoms with Gasteiger partial charge in [0.25, 0.3) is 5.91 Å². The van der Waals surface area contributed by atoms with Crippen molar-refractivity contribution >= 4 is 5.91 Å². The maximum absolute atomic E-state index is 12.0. The molecular formula is C13H24N4O. The van der Waals surface area contributed by atoms with E-state index in [2.05, 4.69) is 24.3 Å². The van der Waals surface area contributed by atoms with E-state index < -0.39 is 0 Å². The highest BCUT2D eigenvalue weighted by Crippen LogP contribution is 2.20. The van der Waals surface area contributed by atoms with Crippen LogP contribution in [0.2, 0.25) is 0 Å². The molecule has 0 fully saturated rings. The van der Waals surface area contributed by atoms with Gasteiger partial charge in [-0.05, 0) is 31.7 Å². The monoisotopic (exact) mass is 252 g/mol. The number of nitrogens with zero attached hydrogens (tertiary/aromatic N) is 2. The van der Waals surface area contributed by atoms with Gasteiger partial charge in [-0.15, -0.1) is 0 Å². The first kappa shape index (κ1) is 14.7. The van der Waals surface area contributed by atoms with E-state index in [0.717, 1.165) is 18.5 Å². The second-order valence-electron chi connectivity index (χ2n) is 5.54. The number of carbonyl (C=O) groups is 1. The van der Waals surface area contributed by atoms with Crippen molar-refractivity contribution in [2.45, 2.75) is 33.6 Å². The van der Waals surface area contributed by atoms with Gasteiger partial charge < -0.3 is 11.1 Å². The molecule has 0 aliphatic rings. The van der Waals surface area contributed by atoms with Crippen molar-refractivity contribution in [2.24, 2.45) is 18.2 Å². The summed E-state index contributed by atoms with van der Waals surface area (Å²) in [5.74, 6) is -0.0542. The Hall–Kier alpha value is -1.36. The van der Waals surface area contributed by atoms with Crippen LogP contribution < -0.4 is 11.1 Å². The number of hydrogen-bond donors (Lipinski definition) is 2. The van der Waals surface area contributed by atoms with Gasteiger partial charge in [-0.3, -0.25) is 9.48 Å². The predicted molar refractivity (Wildman–Crippen MR) is 72.3 cm³/mol. The van der Waals surface area contributed by atoms with E-state index in [9.17, 15) is 4.79 Å². The molecule has 1 amide bonds. The lowest BCUT2D eigenvalue weighted by Crippen LogP contribution is -2.34. The Morgan fingerprint density at radius 2 is 2.22 bits per heavy atom. The topological polar surface area (TPSA) is 72.9 Å². The molecule has 0 saturated heterocycles. The largest absolute Gasteiger partial charge is 0.351 e. The molecule has 0 spiro atoms. The fourth-order valence-electron chi connectivity index (χ4n) is 1.91. The molecule has 0 atom stereocenters. The van der Waals surface area contributed by atoms with E-state index in [0.29, 0.717) is 18.7 Å². The van der Waals surface area contributed by atoms with Gasteiger partial charge >= 0.3 is 0 Å². The Balaban J connectivity index is 2.53. The minimum atomic E-state index is -0.0542. The van der Waals surface area contributed by atoms with Crippen LogP contribution in [0.1, 0.15) is 42.7 Å². The minimum absolute atomic E-state index is 0.0542. The summed E-state index contributed by atoms with van der Waals surface area (Å²) in [6, 6.07) is 0. The van der Waals surface area contributed by atoms with Crippen LogP contribution in [0.15, 0.2) is 6.20 Å². The normalized spacial score (nSPS) is 11.6. The quantitative estimate of drug-likeness (QED) is 0.799. The molecule has 0 bridgehead atoms. The van der Waals surface area contributed by atoms with E-state index in [1.54, 1.807) is 10.9 Å². The summed E-state index contributed by atoms with van der Waals surface area (Å²) in [6.45, 7) is 7.46. The van der Waals surface area contributed by atoms with Crippen LogP contribution in [0.4, 0.5) is 0 Å². The number of nitrogens with two attached hydrogens (primary N) is 1. The molecule has 0 saturated carbocycles. The van der Waals surface area contributed by atoms with Crippen LogP contribution in [0.25, 0.3) is 0 Å². The van der Waals surface area contributed by atoms with Gasteiger partial charge in [0.05, 0.1) is 11.3 Å². The van der Waals surface area contributed by atoms with Crippen molar-refractivity contribution < 1.29 is 4.79 Å². The molecule has 0 radical (unpaired) electrons. The molecule has 1 heterocycles. The van der Waals surface area contributed by atoms with Crippen LogP contribution in [-0.2, 0) is 7.05 Å². The summed E-state index contributed by atoms with van der Waals surface area (Å²) in [6.07, 6.45) is 3.74. The number of rotatable bonds is 6. The number of amides is 1. The molecule has 1 rings (SSSR count). The van der Waals surface area contributed by atoms with Crippen molar-refractivity contribution in [1.82, 2.24) is 15.1 Å². The highest BCUT2D eigenvalue weighted by Gasteiger charge is 2.20. The van der Waals surface area contributed by atoms with Gasteiger partial charge in [0.2, 0.25) is 0 Å². The number of aryl methyl sites for hydroxylation is 2. The highest BCUT2D eigenvalue weighted by atomic mass is 16.1. The zero-order valence-corrected chi connectivity index (χ0v) is 11.8. The minimum Gasteiger partial charge on any atom is -0.351 e. The first-order valence-corrected chi connectivity index (χ1v) is 6.34. The molecule has 5 nitrogen and oxygen atoms in total. The van der Waals surface area contributed by atoms with Crippen molar-refractivity contribution in [1.29, 1.82) is 0 Å². The van der Waals surface area contributed by atoms with Crippen molar-refractivity contribution in [3.05, 3.63) is 17.5 Å². The molecule has 0 aromatic carbocycles. The maximum atomic E-state index is 12.0. The summed E-state index contributed by atoms with van der Waals surface area (Å²) in [5, 5.41) is 7.13. The number of hydrogen-bond acceptors (Lipinski definition) is 3. The Morgan fingerprint density at radius 3 is 2.72 bits per heavy atom. The van der Waals surface area contributed by atoms with Crippen LogP contribution >= 0.6 is 0 Å². The fraction of sp³-hybridized carbons (Fsp3) is 0.692. The lowest BCUT2D eigenvalue weighted by molar-refractivity contribution is 0.0933. The molecular weight excluding hydrogens is 228 g/mol. The summed E-state index contributed by atoms with van der Waals surface area (Å²) in [4.78, 5) is 12.0. The average Bonchev–Trinajstić information content (AvgIpc) is 2.63. The second kappa shape index (κ2) is 6.00. The first-order valence-electron chi connectivity index (χ1n) is 6.34. The fourth-order valence-corrected chi connectivity index (χ4v) is 1.91. The Morgan fingerprint density at radius 1 is 1.56 bits per heavy atom. The summed E-state index contributed by atoms with van der Waals surface area (Å²) in [5.41, 5.74) is 6.99. The molecule has 1 aromatic heterocycles. The number of carbonyl (C=O) groups excluding carboxylic acids is 1. The zero-order chi connectivity index (χ0) is 13.8.